The average molecular weight is 276 g/mol. The number of hydrogen-bond donors (Lipinski definition) is 2. The number of ether oxygens (including phenoxy) is 1. The molecule has 1 aromatic rings. The molecule has 0 saturated carbocycles. The van der Waals surface area contributed by atoms with Crippen LogP contribution >= 0.6 is 15.9 Å². The van der Waals surface area contributed by atoms with Crippen LogP contribution in [0.4, 0.5) is 0 Å². The Kier molecular flexibility index (Phi) is 4.50. The largest absolute Gasteiger partial charge is 0.481 e. The number of alkyl halides is 1. The summed E-state index contributed by atoms with van der Waals surface area (Å²) in [6.07, 6.45) is -1.76. The van der Waals surface area contributed by atoms with Crippen molar-refractivity contribution in [1.82, 2.24) is 4.98 Å². The number of pyridine rings is 1. The molecular formula is C10H14BrNO3. The van der Waals surface area contributed by atoms with Gasteiger partial charge in [0.2, 0.25) is 5.88 Å². The summed E-state index contributed by atoms with van der Waals surface area (Å²) in [7, 11) is 1.53. The van der Waals surface area contributed by atoms with Crippen LogP contribution < -0.4 is 4.74 Å². The monoisotopic (exact) mass is 275 g/mol. The van der Waals surface area contributed by atoms with E-state index in [1.54, 1.807) is 19.1 Å². The minimum atomic E-state index is -0.928. The molecule has 0 radical (unpaired) electrons. The first kappa shape index (κ1) is 12.4. The zero-order chi connectivity index (χ0) is 11.4. The molecule has 1 heterocycles. The van der Waals surface area contributed by atoms with Gasteiger partial charge in [-0.25, -0.2) is 4.98 Å². The number of methoxy groups -OCH3 is 1. The number of rotatable bonds is 4. The SMILES string of the molecule is COc1ccc(C(O)C(O)CBr)c(C)n1. The number of hydrogen-bond acceptors (Lipinski definition) is 4. The van der Waals surface area contributed by atoms with Crippen LogP contribution in [0.15, 0.2) is 12.1 Å². The van der Waals surface area contributed by atoms with Crippen LogP contribution in [0.5, 0.6) is 5.88 Å². The van der Waals surface area contributed by atoms with E-state index in [0.29, 0.717) is 22.5 Å². The smallest absolute Gasteiger partial charge is 0.213 e. The maximum Gasteiger partial charge on any atom is 0.213 e. The fourth-order valence-corrected chi connectivity index (χ4v) is 1.62. The molecule has 0 aromatic carbocycles. The number of nitrogens with zero attached hydrogens (tertiary/aromatic N) is 1. The second kappa shape index (κ2) is 5.44. The Morgan fingerprint density at radius 1 is 1.47 bits per heavy atom. The number of aliphatic hydroxyl groups is 2. The molecule has 0 bridgehead atoms. The normalized spacial score (nSPS) is 14.7. The average Bonchev–Trinajstić information content (AvgIpc) is 2.26. The summed E-state index contributed by atoms with van der Waals surface area (Å²) >= 11 is 3.11. The van der Waals surface area contributed by atoms with Crippen molar-refractivity contribution >= 4 is 15.9 Å². The summed E-state index contributed by atoms with van der Waals surface area (Å²) in [5.41, 5.74) is 1.27. The van der Waals surface area contributed by atoms with Crippen LogP contribution in [-0.2, 0) is 0 Å². The van der Waals surface area contributed by atoms with Gasteiger partial charge in [0.1, 0.15) is 6.10 Å². The fourth-order valence-electron chi connectivity index (χ4n) is 1.27. The van der Waals surface area contributed by atoms with Crippen molar-refractivity contribution in [2.75, 3.05) is 12.4 Å². The predicted molar refractivity (Wildman–Crippen MR) is 60.3 cm³/mol. The molecule has 15 heavy (non-hydrogen) atoms. The molecule has 0 saturated heterocycles. The first-order chi connectivity index (χ1) is 7.10. The van der Waals surface area contributed by atoms with Crippen LogP contribution in [0.2, 0.25) is 0 Å². The number of aryl methyl sites for hydroxylation is 1. The molecule has 0 amide bonds. The van der Waals surface area contributed by atoms with Gasteiger partial charge in [0.05, 0.1) is 13.2 Å². The van der Waals surface area contributed by atoms with E-state index in [1.165, 1.54) is 7.11 Å². The second-order valence-electron chi connectivity index (χ2n) is 3.19. The van der Waals surface area contributed by atoms with Crippen molar-refractivity contribution in [3.8, 4) is 5.88 Å². The van der Waals surface area contributed by atoms with E-state index in [-0.39, 0.29) is 0 Å². The third kappa shape index (κ3) is 2.90. The topological polar surface area (TPSA) is 62.6 Å². The molecule has 1 aromatic heterocycles. The minimum Gasteiger partial charge on any atom is -0.481 e. The Morgan fingerprint density at radius 2 is 2.13 bits per heavy atom. The van der Waals surface area contributed by atoms with Crippen LogP contribution in [-0.4, -0.2) is 33.7 Å². The zero-order valence-electron chi connectivity index (χ0n) is 8.64. The molecule has 0 spiro atoms. The first-order valence-electron chi connectivity index (χ1n) is 4.53. The molecule has 0 fully saturated rings. The lowest BCUT2D eigenvalue weighted by atomic mass is 10.0. The van der Waals surface area contributed by atoms with Crippen molar-refractivity contribution in [2.24, 2.45) is 0 Å². The highest BCUT2D eigenvalue weighted by molar-refractivity contribution is 9.09. The Morgan fingerprint density at radius 3 is 2.60 bits per heavy atom. The number of halogens is 1. The van der Waals surface area contributed by atoms with Crippen LogP contribution in [0.3, 0.4) is 0 Å². The summed E-state index contributed by atoms with van der Waals surface area (Å²) in [6.45, 7) is 1.77. The quantitative estimate of drug-likeness (QED) is 0.811. The maximum absolute atomic E-state index is 9.77. The van der Waals surface area contributed by atoms with Gasteiger partial charge in [-0.15, -0.1) is 0 Å². The summed E-state index contributed by atoms with van der Waals surface area (Å²) in [5, 5.41) is 19.6. The van der Waals surface area contributed by atoms with Crippen LogP contribution in [0.25, 0.3) is 0 Å². The predicted octanol–water partition coefficient (Wildman–Crippen LogP) is 1.19. The van der Waals surface area contributed by atoms with Gasteiger partial charge in [-0.3, -0.25) is 0 Å². The highest BCUT2D eigenvalue weighted by atomic mass is 79.9. The second-order valence-corrected chi connectivity index (χ2v) is 3.84. The van der Waals surface area contributed by atoms with E-state index in [2.05, 4.69) is 20.9 Å². The highest BCUT2D eigenvalue weighted by Gasteiger charge is 2.19. The lowest BCUT2D eigenvalue weighted by molar-refractivity contribution is 0.0335. The van der Waals surface area contributed by atoms with Gasteiger partial charge < -0.3 is 14.9 Å². The maximum atomic E-state index is 9.77. The standard InChI is InChI=1S/C10H14BrNO3/c1-6-7(10(14)8(13)5-11)3-4-9(12-6)15-2/h3-4,8,10,13-14H,5H2,1-2H3. The molecule has 1 rings (SSSR count). The van der Waals surface area contributed by atoms with Crippen molar-refractivity contribution in [3.63, 3.8) is 0 Å². The van der Waals surface area contributed by atoms with Gasteiger partial charge in [0.25, 0.3) is 0 Å². The van der Waals surface area contributed by atoms with Crippen molar-refractivity contribution < 1.29 is 14.9 Å². The molecule has 84 valence electrons. The van der Waals surface area contributed by atoms with E-state index >= 15 is 0 Å². The lowest BCUT2D eigenvalue weighted by Gasteiger charge is -2.17. The van der Waals surface area contributed by atoms with Gasteiger partial charge in [0, 0.05) is 22.7 Å². The van der Waals surface area contributed by atoms with Crippen molar-refractivity contribution in [3.05, 3.63) is 23.4 Å². The molecule has 2 unspecified atom stereocenters. The molecule has 2 atom stereocenters. The fraction of sp³-hybridized carbons (Fsp3) is 0.500. The van der Waals surface area contributed by atoms with Crippen LogP contribution in [0.1, 0.15) is 17.4 Å². The Bertz CT molecular complexity index is 332. The number of aromatic nitrogens is 1. The van der Waals surface area contributed by atoms with Crippen molar-refractivity contribution in [2.45, 2.75) is 19.1 Å². The van der Waals surface area contributed by atoms with E-state index in [0.717, 1.165) is 0 Å². The van der Waals surface area contributed by atoms with Gasteiger partial charge in [-0.2, -0.15) is 0 Å². The van der Waals surface area contributed by atoms with Crippen molar-refractivity contribution in [1.29, 1.82) is 0 Å². The summed E-state index contributed by atoms with van der Waals surface area (Å²) in [4.78, 5) is 4.12. The summed E-state index contributed by atoms with van der Waals surface area (Å²) < 4.78 is 4.95. The highest BCUT2D eigenvalue weighted by Crippen LogP contribution is 2.22. The van der Waals surface area contributed by atoms with Crippen LogP contribution in [0, 0.1) is 6.92 Å². The van der Waals surface area contributed by atoms with E-state index in [4.69, 9.17) is 4.74 Å². The molecular weight excluding hydrogens is 262 g/mol. The first-order valence-corrected chi connectivity index (χ1v) is 5.66. The Hall–Kier alpha value is -0.650. The molecule has 0 aliphatic heterocycles. The van der Waals surface area contributed by atoms with Gasteiger partial charge in [-0.1, -0.05) is 15.9 Å². The third-order valence-electron chi connectivity index (χ3n) is 2.15. The molecule has 2 N–H and O–H groups in total. The summed E-state index contributed by atoms with van der Waals surface area (Å²) in [5.74, 6) is 0.497. The van der Waals surface area contributed by atoms with Gasteiger partial charge in [-0.05, 0) is 13.0 Å². The Labute approximate surface area is 97.0 Å². The van der Waals surface area contributed by atoms with E-state index < -0.39 is 12.2 Å². The van der Waals surface area contributed by atoms with Gasteiger partial charge in [0.15, 0.2) is 0 Å². The van der Waals surface area contributed by atoms with E-state index in [9.17, 15) is 10.2 Å². The van der Waals surface area contributed by atoms with Gasteiger partial charge >= 0.3 is 0 Å². The molecule has 0 aliphatic carbocycles. The molecule has 0 aliphatic rings. The summed E-state index contributed by atoms with van der Waals surface area (Å²) in [6, 6.07) is 3.37. The lowest BCUT2D eigenvalue weighted by Crippen LogP contribution is -2.20. The molecule has 4 nitrogen and oxygen atoms in total. The minimum absolute atomic E-state index is 0.319. The third-order valence-corrected chi connectivity index (χ3v) is 2.81. The van der Waals surface area contributed by atoms with E-state index in [1.807, 2.05) is 0 Å². The number of aliphatic hydroxyl groups excluding tert-OH is 2. The molecule has 5 heteroatoms. The Balaban J connectivity index is 2.95. The zero-order valence-corrected chi connectivity index (χ0v) is 10.2.